The highest BCUT2D eigenvalue weighted by atomic mass is 32.2. The summed E-state index contributed by atoms with van der Waals surface area (Å²) >= 11 is 1.17. The molecule has 1 aromatic heterocycles. The Bertz CT molecular complexity index is 980. The van der Waals surface area contributed by atoms with Crippen molar-refractivity contribution in [3.05, 3.63) is 65.5 Å². The molecule has 0 aliphatic rings. The van der Waals surface area contributed by atoms with Gasteiger partial charge in [-0.2, -0.15) is 0 Å². The molecule has 7 heteroatoms. The molecule has 29 heavy (non-hydrogen) atoms. The summed E-state index contributed by atoms with van der Waals surface area (Å²) < 4.78 is 19.4. The van der Waals surface area contributed by atoms with Crippen molar-refractivity contribution in [1.29, 1.82) is 0 Å². The Balaban J connectivity index is 1.57. The van der Waals surface area contributed by atoms with E-state index in [1.165, 1.54) is 28.3 Å². The van der Waals surface area contributed by atoms with Crippen molar-refractivity contribution in [3.8, 4) is 11.5 Å². The van der Waals surface area contributed by atoms with Gasteiger partial charge in [0, 0.05) is 24.7 Å². The summed E-state index contributed by atoms with van der Waals surface area (Å²) in [5.74, 6) is 0.0849. The minimum atomic E-state index is -0.321. The molecule has 0 saturated carbocycles. The van der Waals surface area contributed by atoms with Crippen molar-refractivity contribution in [2.45, 2.75) is 38.0 Å². The molecule has 0 atom stereocenters. The van der Waals surface area contributed by atoms with Gasteiger partial charge in [-0.05, 0) is 29.2 Å². The first kappa shape index (κ1) is 21.0. The topological polar surface area (TPSA) is 59.2 Å². The van der Waals surface area contributed by atoms with Gasteiger partial charge < -0.3 is 9.32 Å². The molecule has 3 rings (SSSR count). The second-order valence-electron chi connectivity index (χ2n) is 7.83. The van der Waals surface area contributed by atoms with E-state index in [1.807, 2.05) is 24.3 Å². The number of carbonyl (C=O) groups is 1. The van der Waals surface area contributed by atoms with Gasteiger partial charge in [0.2, 0.25) is 11.8 Å². The molecule has 0 fully saturated rings. The maximum atomic E-state index is 13.7. The van der Waals surface area contributed by atoms with Gasteiger partial charge in [0.1, 0.15) is 5.82 Å². The van der Waals surface area contributed by atoms with E-state index in [0.29, 0.717) is 16.7 Å². The second-order valence-corrected chi connectivity index (χ2v) is 8.76. The molecule has 1 amide bonds. The number of hydrogen-bond donors (Lipinski definition) is 0. The van der Waals surface area contributed by atoms with E-state index in [9.17, 15) is 9.18 Å². The summed E-state index contributed by atoms with van der Waals surface area (Å²) in [5, 5.41) is 8.40. The van der Waals surface area contributed by atoms with Crippen LogP contribution in [0, 0.1) is 5.82 Å². The fraction of sp³-hybridized carbons (Fsp3) is 0.318. The molecule has 0 aliphatic heterocycles. The van der Waals surface area contributed by atoms with Gasteiger partial charge in [0.15, 0.2) is 0 Å². The highest BCUT2D eigenvalue weighted by Crippen LogP contribution is 2.27. The molecule has 0 aliphatic carbocycles. The first-order valence-corrected chi connectivity index (χ1v) is 10.3. The molecule has 0 saturated heterocycles. The molecule has 0 bridgehead atoms. The van der Waals surface area contributed by atoms with Crippen LogP contribution in [0.3, 0.4) is 0 Å². The van der Waals surface area contributed by atoms with Crippen LogP contribution in [-0.4, -0.2) is 33.8 Å². The number of carbonyl (C=O) groups excluding carboxylic acids is 1. The third-order valence-electron chi connectivity index (χ3n) is 4.51. The lowest BCUT2D eigenvalue weighted by atomic mass is 9.87. The highest BCUT2D eigenvalue weighted by molar-refractivity contribution is 7.99. The number of nitrogens with zero attached hydrogens (tertiary/aromatic N) is 3. The Hall–Kier alpha value is -2.67. The third-order valence-corrected chi connectivity index (χ3v) is 5.32. The van der Waals surface area contributed by atoms with E-state index in [1.54, 1.807) is 25.2 Å². The van der Waals surface area contributed by atoms with E-state index in [-0.39, 0.29) is 29.4 Å². The first-order chi connectivity index (χ1) is 13.7. The van der Waals surface area contributed by atoms with Crippen LogP contribution in [0.25, 0.3) is 11.5 Å². The molecule has 152 valence electrons. The summed E-state index contributed by atoms with van der Waals surface area (Å²) in [7, 11) is 1.64. The predicted octanol–water partition coefficient (Wildman–Crippen LogP) is 4.92. The Kier molecular flexibility index (Phi) is 6.37. The van der Waals surface area contributed by atoms with Crippen molar-refractivity contribution in [3.63, 3.8) is 0 Å². The lowest BCUT2D eigenvalue weighted by molar-refractivity contribution is -0.127. The predicted molar refractivity (Wildman–Crippen MR) is 112 cm³/mol. The molecule has 0 unspecified atom stereocenters. The van der Waals surface area contributed by atoms with Crippen LogP contribution in [-0.2, 0) is 16.8 Å². The average molecular weight is 414 g/mol. The van der Waals surface area contributed by atoms with Crippen molar-refractivity contribution in [2.24, 2.45) is 0 Å². The maximum absolute atomic E-state index is 13.7. The first-order valence-electron chi connectivity index (χ1n) is 9.28. The zero-order chi connectivity index (χ0) is 21.0. The van der Waals surface area contributed by atoms with Crippen molar-refractivity contribution in [1.82, 2.24) is 15.1 Å². The molecular formula is C22H24FN3O2S. The molecule has 1 heterocycles. The molecular weight excluding hydrogens is 389 g/mol. The SMILES string of the molecule is CN(Cc1ccccc1F)C(=O)CSc1nnc(-c2ccc(C(C)(C)C)cc2)o1. The second kappa shape index (κ2) is 8.78. The number of hydrogen-bond acceptors (Lipinski definition) is 5. The number of amides is 1. The standard InChI is InChI=1S/C22H24FN3O2S/c1-22(2,3)17-11-9-15(10-12-17)20-24-25-21(28-20)29-14-19(27)26(4)13-16-7-5-6-8-18(16)23/h5-12H,13-14H2,1-4H3. The quantitative estimate of drug-likeness (QED) is 0.537. The van der Waals surface area contributed by atoms with Crippen LogP contribution in [0.4, 0.5) is 4.39 Å². The van der Waals surface area contributed by atoms with Gasteiger partial charge in [-0.25, -0.2) is 4.39 Å². The normalized spacial score (nSPS) is 11.5. The van der Waals surface area contributed by atoms with Crippen LogP contribution < -0.4 is 0 Å². The van der Waals surface area contributed by atoms with Gasteiger partial charge in [-0.3, -0.25) is 4.79 Å². The molecule has 5 nitrogen and oxygen atoms in total. The Morgan fingerprint density at radius 2 is 1.79 bits per heavy atom. The molecule has 0 radical (unpaired) electrons. The maximum Gasteiger partial charge on any atom is 0.277 e. The van der Waals surface area contributed by atoms with Crippen molar-refractivity contribution in [2.75, 3.05) is 12.8 Å². The number of rotatable bonds is 6. The van der Waals surface area contributed by atoms with Crippen LogP contribution in [0.1, 0.15) is 31.9 Å². The summed E-state index contributed by atoms with van der Waals surface area (Å²) in [6, 6.07) is 14.4. The Morgan fingerprint density at radius 1 is 1.10 bits per heavy atom. The third kappa shape index (κ3) is 5.44. The van der Waals surface area contributed by atoms with Gasteiger partial charge in [0.25, 0.3) is 5.22 Å². The largest absolute Gasteiger partial charge is 0.411 e. The minimum Gasteiger partial charge on any atom is -0.411 e. The summed E-state index contributed by atoms with van der Waals surface area (Å²) in [6.45, 7) is 6.68. The zero-order valence-corrected chi connectivity index (χ0v) is 17.8. The fourth-order valence-corrected chi connectivity index (χ4v) is 3.41. The van der Waals surface area contributed by atoms with Gasteiger partial charge in [-0.15, -0.1) is 10.2 Å². The van der Waals surface area contributed by atoms with E-state index in [4.69, 9.17) is 4.42 Å². The van der Waals surface area contributed by atoms with Crippen LogP contribution in [0.15, 0.2) is 58.2 Å². The monoisotopic (exact) mass is 413 g/mol. The number of benzene rings is 2. The number of halogens is 1. The van der Waals surface area contributed by atoms with E-state index >= 15 is 0 Å². The Morgan fingerprint density at radius 3 is 2.45 bits per heavy atom. The molecule has 2 aromatic carbocycles. The van der Waals surface area contributed by atoms with E-state index in [0.717, 1.165) is 5.56 Å². The van der Waals surface area contributed by atoms with Crippen molar-refractivity contribution >= 4 is 17.7 Å². The average Bonchev–Trinajstić information content (AvgIpc) is 3.16. The zero-order valence-electron chi connectivity index (χ0n) is 17.0. The van der Waals surface area contributed by atoms with E-state index < -0.39 is 0 Å². The van der Waals surface area contributed by atoms with Gasteiger partial charge in [0.05, 0.1) is 5.75 Å². The van der Waals surface area contributed by atoms with Gasteiger partial charge >= 0.3 is 0 Å². The highest BCUT2D eigenvalue weighted by Gasteiger charge is 2.17. The van der Waals surface area contributed by atoms with Crippen LogP contribution in [0.2, 0.25) is 0 Å². The van der Waals surface area contributed by atoms with Crippen LogP contribution in [0.5, 0.6) is 0 Å². The lowest BCUT2D eigenvalue weighted by Gasteiger charge is -2.18. The number of thioether (sulfide) groups is 1. The molecule has 3 aromatic rings. The molecule has 0 spiro atoms. The lowest BCUT2D eigenvalue weighted by Crippen LogP contribution is -2.28. The van der Waals surface area contributed by atoms with Crippen LogP contribution >= 0.6 is 11.8 Å². The molecule has 0 N–H and O–H groups in total. The van der Waals surface area contributed by atoms with Crippen molar-refractivity contribution < 1.29 is 13.6 Å². The summed E-state index contributed by atoms with van der Waals surface area (Å²) in [5.41, 5.74) is 2.61. The fourth-order valence-electron chi connectivity index (χ4n) is 2.70. The summed E-state index contributed by atoms with van der Waals surface area (Å²) in [4.78, 5) is 13.8. The van der Waals surface area contributed by atoms with Gasteiger partial charge in [-0.1, -0.05) is 62.9 Å². The Labute approximate surface area is 174 Å². The minimum absolute atomic E-state index is 0.0729. The number of aromatic nitrogens is 2. The summed E-state index contributed by atoms with van der Waals surface area (Å²) in [6.07, 6.45) is 0. The smallest absolute Gasteiger partial charge is 0.277 e. The van der Waals surface area contributed by atoms with E-state index in [2.05, 4.69) is 31.0 Å².